The van der Waals surface area contributed by atoms with Crippen LogP contribution in [0.3, 0.4) is 0 Å². The van der Waals surface area contributed by atoms with Gasteiger partial charge in [-0.05, 0) is 37.5 Å². The third-order valence-corrected chi connectivity index (χ3v) is 3.97. The van der Waals surface area contributed by atoms with Gasteiger partial charge in [0.15, 0.2) is 11.5 Å². The van der Waals surface area contributed by atoms with Crippen LogP contribution >= 0.6 is 0 Å². The molecule has 2 aliphatic rings. The second-order valence-corrected chi connectivity index (χ2v) is 5.01. The first-order chi connectivity index (χ1) is 9.26. The Hall–Kier alpha value is -1.71. The van der Waals surface area contributed by atoms with Gasteiger partial charge in [0.1, 0.15) is 13.2 Å². The monoisotopic (exact) mass is 262 g/mol. The SMILES string of the molecule is CCOC(=O)C1(c2ccc3c(c2)OCCO3)CCC1. The van der Waals surface area contributed by atoms with Gasteiger partial charge in [0, 0.05) is 0 Å². The summed E-state index contributed by atoms with van der Waals surface area (Å²) in [5, 5.41) is 0. The molecule has 1 heterocycles. The fraction of sp³-hybridized carbons (Fsp3) is 0.533. The van der Waals surface area contributed by atoms with E-state index in [0.717, 1.165) is 36.3 Å². The number of esters is 1. The van der Waals surface area contributed by atoms with E-state index in [9.17, 15) is 4.79 Å². The van der Waals surface area contributed by atoms with E-state index in [1.165, 1.54) is 0 Å². The smallest absolute Gasteiger partial charge is 0.316 e. The molecule has 0 aromatic heterocycles. The number of fused-ring (bicyclic) bond motifs is 1. The molecule has 0 atom stereocenters. The van der Waals surface area contributed by atoms with Crippen LogP contribution in [0.15, 0.2) is 18.2 Å². The zero-order valence-electron chi connectivity index (χ0n) is 11.1. The van der Waals surface area contributed by atoms with E-state index in [1.54, 1.807) is 0 Å². The van der Waals surface area contributed by atoms with Gasteiger partial charge in [-0.1, -0.05) is 12.5 Å². The van der Waals surface area contributed by atoms with Crippen LogP contribution in [-0.4, -0.2) is 25.8 Å². The maximum Gasteiger partial charge on any atom is 0.316 e. The molecule has 0 saturated heterocycles. The molecule has 1 aromatic carbocycles. The molecule has 3 rings (SSSR count). The predicted molar refractivity (Wildman–Crippen MR) is 69.6 cm³/mol. The molecule has 0 N–H and O–H groups in total. The molecule has 1 aliphatic carbocycles. The zero-order chi connectivity index (χ0) is 13.3. The van der Waals surface area contributed by atoms with E-state index in [0.29, 0.717) is 19.8 Å². The van der Waals surface area contributed by atoms with Gasteiger partial charge in [0.05, 0.1) is 12.0 Å². The molecule has 0 spiro atoms. The number of ether oxygens (including phenoxy) is 3. The lowest BCUT2D eigenvalue weighted by Crippen LogP contribution is -2.43. The van der Waals surface area contributed by atoms with Gasteiger partial charge < -0.3 is 14.2 Å². The number of hydrogen-bond donors (Lipinski definition) is 0. The van der Waals surface area contributed by atoms with E-state index in [4.69, 9.17) is 14.2 Å². The number of benzene rings is 1. The predicted octanol–water partition coefficient (Wildman–Crippen LogP) is 2.44. The summed E-state index contributed by atoms with van der Waals surface area (Å²) >= 11 is 0. The summed E-state index contributed by atoms with van der Waals surface area (Å²) in [6.07, 6.45) is 2.77. The minimum absolute atomic E-state index is 0.113. The summed E-state index contributed by atoms with van der Waals surface area (Å²) in [6.45, 7) is 3.40. The van der Waals surface area contributed by atoms with Crippen LogP contribution in [-0.2, 0) is 14.9 Å². The molecule has 0 amide bonds. The standard InChI is InChI=1S/C15H18O4/c1-2-17-14(16)15(6-3-7-15)11-4-5-12-13(10-11)19-9-8-18-12/h4-5,10H,2-3,6-9H2,1H3. The second-order valence-electron chi connectivity index (χ2n) is 5.01. The van der Waals surface area contributed by atoms with Gasteiger partial charge >= 0.3 is 5.97 Å². The molecule has 1 aromatic rings. The van der Waals surface area contributed by atoms with Crippen LogP contribution in [0.2, 0.25) is 0 Å². The Kier molecular flexibility index (Phi) is 3.09. The van der Waals surface area contributed by atoms with E-state index >= 15 is 0 Å². The first kappa shape index (κ1) is 12.3. The van der Waals surface area contributed by atoms with Crippen LogP contribution < -0.4 is 9.47 Å². The minimum Gasteiger partial charge on any atom is -0.486 e. The number of carbonyl (C=O) groups excluding carboxylic acids is 1. The Morgan fingerprint density at radius 3 is 2.63 bits per heavy atom. The zero-order valence-corrected chi connectivity index (χ0v) is 11.1. The normalized spacial score (nSPS) is 19.4. The van der Waals surface area contributed by atoms with Gasteiger partial charge in [-0.3, -0.25) is 4.79 Å². The van der Waals surface area contributed by atoms with Crippen molar-refractivity contribution in [2.24, 2.45) is 0 Å². The molecule has 19 heavy (non-hydrogen) atoms. The molecule has 4 heteroatoms. The summed E-state index contributed by atoms with van der Waals surface area (Å²) < 4.78 is 16.3. The summed E-state index contributed by atoms with van der Waals surface area (Å²) in [4.78, 5) is 12.2. The third-order valence-electron chi connectivity index (χ3n) is 3.97. The maximum absolute atomic E-state index is 12.2. The van der Waals surface area contributed by atoms with Crippen molar-refractivity contribution in [1.29, 1.82) is 0 Å². The molecule has 1 saturated carbocycles. The van der Waals surface area contributed by atoms with E-state index in [-0.39, 0.29) is 5.97 Å². The molecule has 0 radical (unpaired) electrons. The Morgan fingerprint density at radius 2 is 2.00 bits per heavy atom. The van der Waals surface area contributed by atoms with Crippen LogP contribution in [0.5, 0.6) is 11.5 Å². The Labute approximate surface area is 112 Å². The molecule has 0 unspecified atom stereocenters. The Bertz CT molecular complexity index is 491. The van der Waals surface area contributed by atoms with Crippen molar-refractivity contribution in [3.05, 3.63) is 23.8 Å². The molecule has 1 aliphatic heterocycles. The van der Waals surface area contributed by atoms with Gasteiger partial charge in [0.25, 0.3) is 0 Å². The van der Waals surface area contributed by atoms with Gasteiger partial charge in [0.2, 0.25) is 0 Å². The van der Waals surface area contributed by atoms with Crippen LogP contribution in [0.1, 0.15) is 31.7 Å². The Balaban J connectivity index is 1.93. The highest BCUT2D eigenvalue weighted by Crippen LogP contribution is 2.47. The van der Waals surface area contributed by atoms with Crippen molar-refractivity contribution in [2.75, 3.05) is 19.8 Å². The molecule has 4 nitrogen and oxygen atoms in total. The van der Waals surface area contributed by atoms with Gasteiger partial charge in [-0.25, -0.2) is 0 Å². The van der Waals surface area contributed by atoms with Crippen molar-refractivity contribution in [2.45, 2.75) is 31.6 Å². The summed E-state index contributed by atoms with van der Waals surface area (Å²) in [7, 11) is 0. The van der Waals surface area contributed by atoms with Crippen molar-refractivity contribution in [3.8, 4) is 11.5 Å². The minimum atomic E-state index is -0.466. The third kappa shape index (κ3) is 1.95. The lowest BCUT2D eigenvalue weighted by Gasteiger charge is -2.40. The molecule has 0 bridgehead atoms. The topological polar surface area (TPSA) is 44.8 Å². The summed E-state index contributed by atoms with van der Waals surface area (Å²) in [6, 6.07) is 5.79. The average molecular weight is 262 g/mol. The van der Waals surface area contributed by atoms with E-state index in [1.807, 2.05) is 25.1 Å². The fourth-order valence-corrected chi connectivity index (χ4v) is 2.75. The second kappa shape index (κ2) is 4.76. The first-order valence-corrected chi connectivity index (χ1v) is 6.83. The molecular weight excluding hydrogens is 244 g/mol. The molecule has 1 fully saturated rings. The lowest BCUT2D eigenvalue weighted by atomic mass is 9.64. The summed E-state index contributed by atoms with van der Waals surface area (Å²) in [5.74, 6) is 1.38. The van der Waals surface area contributed by atoms with Gasteiger partial charge in [-0.2, -0.15) is 0 Å². The maximum atomic E-state index is 12.2. The van der Waals surface area contributed by atoms with Crippen molar-refractivity contribution < 1.29 is 19.0 Å². The van der Waals surface area contributed by atoms with Crippen molar-refractivity contribution in [1.82, 2.24) is 0 Å². The van der Waals surface area contributed by atoms with Crippen LogP contribution in [0.25, 0.3) is 0 Å². The number of hydrogen-bond acceptors (Lipinski definition) is 4. The summed E-state index contributed by atoms with van der Waals surface area (Å²) in [5.41, 5.74) is 0.521. The Morgan fingerprint density at radius 1 is 1.26 bits per heavy atom. The first-order valence-electron chi connectivity index (χ1n) is 6.83. The highest BCUT2D eigenvalue weighted by Gasteiger charge is 2.47. The number of carbonyl (C=O) groups is 1. The van der Waals surface area contributed by atoms with Crippen molar-refractivity contribution in [3.63, 3.8) is 0 Å². The van der Waals surface area contributed by atoms with Crippen LogP contribution in [0.4, 0.5) is 0 Å². The van der Waals surface area contributed by atoms with Crippen LogP contribution in [0, 0.1) is 0 Å². The fourth-order valence-electron chi connectivity index (χ4n) is 2.75. The molecule has 102 valence electrons. The van der Waals surface area contributed by atoms with E-state index < -0.39 is 5.41 Å². The lowest BCUT2D eigenvalue weighted by molar-refractivity contribution is -0.153. The highest BCUT2D eigenvalue weighted by atomic mass is 16.6. The largest absolute Gasteiger partial charge is 0.486 e. The van der Waals surface area contributed by atoms with E-state index in [2.05, 4.69) is 0 Å². The number of rotatable bonds is 3. The molecular formula is C15H18O4. The quantitative estimate of drug-likeness (QED) is 0.785. The van der Waals surface area contributed by atoms with Crippen molar-refractivity contribution >= 4 is 5.97 Å². The average Bonchev–Trinajstić information content (AvgIpc) is 2.38. The van der Waals surface area contributed by atoms with Gasteiger partial charge in [-0.15, -0.1) is 0 Å². The highest BCUT2D eigenvalue weighted by molar-refractivity contribution is 5.84.